The fraction of sp³-hybridized carbons (Fsp3) is 0.438. The van der Waals surface area contributed by atoms with Gasteiger partial charge in [-0.05, 0) is 48.6 Å². The molecule has 1 aromatic heterocycles. The van der Waals surface area contributed by atoms with Gasteiger partial charge in [0.2, 0.25) is 0 Å². The third-order valence-corrected chi connectivity index (χ3v) is 3.87. The average Bonchev–Trinajstić information content (AvgIpc) is 3.23. The van der Waals surface area contributed by atoms with Gasteiger partial charge in [0.05, 0.1) is 12.1 Å². The molecular weight excluding hydrogens is 236 g/mol. The van der Waals surface area contributed by atoms with E-state index < -0.39 is 0 Å². The molecule has 0 amide bonds. The number of aromatic nitrogens is 1. The Morgan fingerprint density at radius 1 is 1.37 bits per heavy atom. The van der Waals surface area contributed by atoms with Gasteiger partial charge in [0.15, 0.2) is 0 Å². The van der Waals surface area contributed by atoms with Crippen molar-refractivity contribution in [3.8, 4) is 0 Å². The Kier molecular flexibility index (Phi) is 3.76. The van der Waals surface area contributed by atoms with Gasteiger partial charge in [0.1, 0.15) is 0 Å². The number of hydrogen-bond acceptors (Lipinski definition) is 3. The maximum Gasteiger partial charge on any atom is 0.0702 e. The van der Waals surface area contributed by atoms with E-state index in [1.165, 1.54) is 17.4 Å². The van der Waals surface area contributed by atoms with E-state index in [9.17, 15) is 0 Å². The lowest BCUT2D eigenvalue weighted by atomic mass is 10.1. The monoisotopic (exact) mass is 256 g/mol. The Morgan fingerprint density at radius 3 is 3.21 bits per heavy atom. The van der Waals surface area contributed by atoms with Crippen molar-refractivity contribution in [3.05, 3.63) is 42.1 Å². The number of ether oxygens (including phenoxy) is 1. The number of pyridine rings is 1. The van der Waals surface area contributed by atoms with Gasteiger partial charge in [-0.25, -0.2) is 0 Å². The summed E-state index contributed by atoms with van der Waals surface area (Å²) in [6.45, 7) is 2.83. The summed E-state index contributed by atoms with van der Waals surface area (Å²) in [5.74, 6) is 1.51. The zero-order valence-corrected chi connectivity index (χ0v) is 11.3. The first-order chi connectivity index (χ1) is 9.38. The minimum Gasteiger partial charge on any atom is -0.383 e. The third kappa shape index (κ3) is 2.94. The largest absolute Gasteiger partial charge is 0.383 e. The van der Waals surface area contributed by atoms with Crippen molar-refractivity contribution in [2.75, 3.05) is 26.8 Å². The molecule has 100 valence electrons. The molecule has 1 fully saturated rings. The van der Waals surface area contributed by atoms with Crippen LogP contribution in [0.2, 0.25) is 0 Å². The number of nitrogens with one attached hydrogen (secondary N) is 1. The van der Waals surface area contributed by atoms with E-state index in [1.54, 1.807) is 7.11 Å². The molecule has 2 atom stereocenters. The van der Waals surface area contributed by atoms with Crippen LogP contribution in [0, 0.1) is 5.92 Å². The highest BCUT2D eigenvalue weighted by molar-refractivity contribution is 5.79. The van der Waals surface area contributed by atoms with Crippen LogP contribution in [0.1, 0.15) is 17.9 Å². The van der Waals surface area contributed by atoms with Crippen LogP contribution in [-0.2, 0) is 4.74 Å². The molecule has 1 aliphatic carbocycles. The van der Waals surface area contributed by atoms with E-state index in [-0.39, 0.29) is 0 Å². The summed E-state index contributed by atoms with van der Waals surface area (Å²) < 4.78 is 5.03. The van der Waals surface area contributed by atoms with Crippen LogP contribution in [0.25, 0.3) is 10.9 Å². The minimum atomic E-state index is 0.722. The molecular formula is C16H20N2O. The number of benzene rings is 1. The maximum absolute atomic E-state index is 5.03. The number of hydrogen-bond donors (Lipinski definition) is 1. The normalized spacial score (nSPS) is 21.7. The number of fused-ring (bicyclic) bond motifs is 1. The summed E-state index contributed by atoms with van der Waals surface area (Å²) >= 11 is 0. The van der Waals surface area contributed by atoms with E-state index >= 15 is 0 Å². The quantitative estimate of drug-likeness (QED) is 0.807. The van der Waals surface area contributed by atoms with Gasteiger partial charge in [-0.2, -0.15) is 0 Å². The van der Waals surface area contributed by atoms with Crippen molar-refractivity contribution >= 4 is 10.9 Å². The first-order valence-electron chi connectivity index (χ1n) is 6.93. The highest BCUT2D eigenvalue weighted by Crippen LogP contribution is 2.47. The second-order valence-corrected chi connectivity index (χ2v) is 5.25. The lowest BCUT2D eigenvalue weighted by molar-refractivity contribution is 0.199. The van der Waals surface area contributed by atoms with Gasteiger partial charge in [0, 0.05) is 25.2 Å². The second-order valence-electron chi connectivity index (χ2n) is 5.25. The van der Waals surface area contributed by atoms with Crippen molar-refractivity contribution in [2.45, 2.75) is 12.3 Å². The molecule has 1 saturated carbocycles. The van der Waals surface area contributed by atoms with Gasteiger partial charge >= 0.3 is 0 Å². The molecule has 19 heavy (non-hydrogen) atoms. The molecule has 1 heterocycles. The minimum absolute atomic E-state index is 0.722. The number of nitrogens with zero attached hydrogens (tertiary/aromatic N) is 1. The van der Waals surface area contributed by atoms with Crippen LogP contribution in [0.5, 0.6) is 0 Å². The van der Waals surface area contributed by atoms with Crippen molar-refractivity contribution in [2.24, 2.45) is 5.92 Å². The van der Waals surface area contributed by atoms with Crippen molar-refractivity contribution in [1.29, 1.82) is 0 Å². The first-order valence-corrected chi connectivity index (χ1v) is 6.93. The molecule has 0 saturated heterocycles. The molecule has 0 bridgehead atoms. The zero-order chi connectivity index (χ0) is 13.1. The molecule has 1 aromatic carbocycles. The molecule has 2 aromatic rings. The molecule has 0 aliphatic heterocycles. The van der Waals surface area contributed by atoms with E-state index in [1.807, 2.05) is 12.3 Å². The topological polar surface area (TPSA) is 34.1 Å². The Balaban J connectivity index is 1.60. The zero-order valence-electron chi connectivity index (χ0n) is 11.3. The van der Waals surface area contributed by atoms with E-state index in [0.717, 1.165) is 37.0 Å². The van der Waals surface area contributed by atoms with Crippen molar-refractivity contribution in [3.63, 3.8) is 0 Å². The summed E-state index contributed by atoms with van der Waals surface area (Å²) in [7, 11) is 1.74. The van der Waals surface area contributed by atoms with Crippen LogP contribution >= 0.6 is 0 Å². The molecule has 3 nitrogen and oxygen atoms in total. The van der Waals surface area contributed by atoms with Gasteiger partial charge in [-0.15, -0.1) is 0 Å². The Hall–Kier alpha value is -1.45. The van der Waals surface area contributed by atoms with Crippen LogP contribution in [-0.4, -0.2) is 31.8 Å². The van der Waals surface area contributed by atoms with Crippen LogP contribution in [0.4, 0.5) is 0 Å². The number of rotatable bonds is 6. The fourth-order valence-corrected chi connectivity index (χ4v) is 2.67. The summed E-state index contributed by atoms with van der Waals surface area (Å²) in [5.41, 5.74) is 2.54. The van der Waals surface area contributed by atoms with E-state index in [0.29, 0.717) is 0 Å². The first kappa shape index (κ1) is 12.6. The van der Waals surface area contributed by atoms with E-state index in [2.05, 4.69) is 34.6 Å². The predicted octanol–water partition coefficient (Wildman–Crippen LogP) is 2.57. The molecule has 3 heteroatoms. The van der Waals surface area contributed by atoms with Crippen LogP contribution < -0.4 is 5.32 Å². The molecule has 1 aliphatic rings. The summed E-state index contributed by atoms with van der Waals surface area (Å²) in [6.07, 6.45) is 3.15. The van der Waals surface area contributed by atoms with Crippen molar-refractivity contribution in [1.82, 2.24) is 10.3 Å². The van der Waals surface area contributed by atoms with E-state index in [4.69, 9.17) is 4.74 Å². The van der Waals surface area contributed by atoms with Crippen LogP contribution in [0.3, 0.4) is 0 Å². The summed E-state index contributed by atoms with van der Waals surface area (Å²) in [6, 6.07) is 10.8. The highest BCUT2D eigenvalue weighted by Gasteiger charge is 2.37. The standard InChI is InChI=1S/C16H20N2O/c1-19-8-7-17-11-14-10-15(14)12-4-5-16-13(9-12)3-2-6-18-16/h2-6,9,14-15,17H,7-8,10-11H2,1H3. The van der Waals surface area contributed by atoms with Gasteiger partial charge in [0.25, 0.3) is 0 Å². The Labute approximate surface area is 114 Å². The molecule has 3 rings (SSSR count). The smallest absolute Gasteiger partial charge is 0.0702 e. The van der Waals surface area contributed by atoms with Crippen molar-refractivity contribution < 1.29 is 4.74 Å². The Morgan fingerprint density at radius 2 is 2.32 bits per heavy atom. The lowest BCUT2D eigenvalue weighted by Crippen LogP contribution is -2.21. The van der Waals surface area contributed by atoms with Crippen LogP contribution in [0.15, 0.2) is 36.5 Å². The summed E-state index contributed by atoms with van der Waals surface area (Å²) in [4.78, 5) is 4.36. The molecule has 1 N–H and O–H groups in total. The van der Waals surface area contributed by atoms with Gasteiger partial charge in [-0.3, -0.25) is 4.98 Å². The molecule has 0 spiro atoms. The lowest BCUT2D eigenvalue weighted by Gasteiger charge is -2.05. The predicted molar refractivity (Wildman–Crippen MR) is 77.3 cm³/mol. The highest BCUT2D eigenvalue weighted by atomic mass is 16.5. The molecule has 0 radical (unpaired) electrons. The SMILES string of the molecule is COCCNCC1CC1c1ccc2ncccc2c1. The Bertz CT molecular complexity index is 555. The van der Waals surface area contributed by atoms with Gasteiger partial charge in [-0.1, -0.05) is 12.1 Å². The fourth-order valence-electron chi connectivity index (χ4n) is 2.67. The second kappa shape index (κ2) is 5.68. The maximum atomic E-state index is 5.03. The third-order valence-electron chi connectivity index (χ3n) is 3.87. The molecule has 2 unspecified atom stereocenters. The van der Waals surface area contributed by atoms with Gasteiger partial charge < -0.3 is 10.1 Å². The number of methoxy groups -OCH3 is 1. The average molecular weight is 256 g/mol. The summed E-state index contributed by atoms with van der Waals surface area (Å²) in [5, 5.41) is 4.70.